The number of nitrogens with two attached hydrogens (primary N) is 1. The van der Waals surface area contributed by atoms with Gasteiger partial charge >= 0.3 is 0 Å². The van der Waals surface area contributed by atoms with Crippen LogP contribution in [0.25, 0.3) is 0 Å². The third-order valence-corrected chi connectivity index (χ3v) is 3.41. The number of carbonyl (C=O) groups excluding carboxylic acids is 1. The van der Waals surface area contributed by atoms with Crippen LogP contribution >= 0.6 is 11.6 Å². The Morgan fingerprint density at radius 1 is 1.47 bits per heavy atom. The van der Waals surface area contributed by atoms with Crippen molar-refractivity contribution < 1.29 is 4.79 Å². The molecule has 1 rings (SSSR count). The van der Waals surface area contributed by atoms with E-state index < -0.39 is 0 Å². The highest BCUT2D eigenvalue weighted by Gasteiger charge is 2.22. The van der Waals surface area contributed by atoms with Gasteiger partial charge in [-0.2, -0.15) is 0 Å². The molecular weight excluding hydrogens is 262 g/mol. The van der Waals surface area contributed by atoms with Crippen molar-refractivity contribution in [1.29, 1.82) is 0 Å². The highest BCUT2D eigenvalue weighted by molar-refractivity contribution is 6.31. The first-order valence-electron chi connectivity index (χ1n) is 6.53. The molecule has 0 saturated carbocycles. The summed E-state index contributed by atoms with van der Waals surface area (Å²) >= 11 is 6.23. The summed E-state index contributed by atoms with van der Waals surface area (Å²) in [6, 6.07) is 7.61. The number of hydrogen-bond acceptors (Lipinski definition) is 3. The van der Waals surface area contributed by atoms with Crippen LogP contribution in [0.2, 0.25) is 5.02 Å². The Bertz CT molecular complexity index is 411. The van der Waals surface area contributed by atoms with Crippen LogP contribution in [0.15, 0.2) is 24.3 Å². The van der Waals surface area contributed by atoms with Gasteiger partial charge in [0.15, 0.2) is 0 Å². The summed E-state index contributed by atoms with van der Waals surface area (Å²) in [5.41, 5.74) is 6.87. The first kappa shape index (κ1) is 16.0. The van der Waals surface area contributed by atoms with Crippen LogP contribution in [-0.2, 0) is 4.79 Å². The Balaban J connectivity index is 2.96. The van der Waals surface area contributed by atoms with Crippen LogP contribution in [0.1, 0.15) is 24.9 Å². The van der Waals surface area contributed by atoms with Crippen molar-refractivity contribution in [3.63, 3.8) is 0 Å². The molecule has 0 spiro atoms. The number of rotatable bonds is 7. The van der Waals surface area contributed by atoms with E-state index in [1.165, 1.54) is 0 Å². The summed E-state index contributed by atoms with van der Waals surface area (Å²) < 4.78 is 0. The van der Waals surface area contributed by atoms with Crippen LogP contribution in [0.4, 0.5) is 0 Å². The molecule has 5 heteroatoms. The fourth-order valence-corrected chi connectivity index (χ4v) is 2.38. The molecule has 0 radical (unpaired) electrons. The number of amides is 1. The van der Waals surface area contributed by atoms with Gasteiger partial charge in [0.25, 0.3) is 0 Å². The van der Waals surface area contributed by atoms with Gasteiger partial charge in [0.2, 0.25) is 5.91 Å². The summed E-state index contributed by atoms with van der Waals surface area (Å²) in [5, 5.41) is 3.34. The topological polar surface area (TPSA) is 58.4 Å². The average molecular weight is 284 g/mol. The second kappa shape index (κ2) is 8.15. The first-order valence-corrected chi connectivity index (χ1v) is 6.90. The van der Waals surface area contributed by atoms with Crippen molar-refractivity contribution >= 4 is 17.5 Å². The second-order valence-corrected chi connectivity index (χ2v) is 4.82. The summed E-state index contributed by atoms with van der Waals surface area (Å²) in [6.07, 6.45) is 0.956. The van der Waals surface area contributed by atoms with E-state index in [9.17, 15) is 4.79 Å². The van der Waals surface area contributed by atoms with Crippen molar-refractivity contribution in [1.82, 2.24) is 10.2 Å². The van der Waals surface area contributed by atoms with Gasteiger partial charge in [-0.25, -0.2) is 0 Å². The lowest BCUT2D eigenvalue weighted by Gasteiger charge is -2.30. The lowest BCUT2D eigenvalue weighted by atomic mass is 10.0. The van der Waals surface area contributed by atoms with Crippen LogP contribution in [0, 0.1) is 0 Å². The van der Waals surface area contributed by atoms with E-state index in [2.05, 4.69) is 17.1 Å². The SMILES string of the molecule is CCCN(CC(=O)NC)C(CN)c1ccccc1Cl. The van der Waals surface area contributed by atoms with Crippen molar-refractivity contribution in [3.8, 4) is 0 Å². The molecule has 0 heterocycles. The minimum atomic E-state index is -0.0362. The van der Waals surface area contributed by atoms with Crippen molar-refractivity contribution in [3.05, 3.63) is 34.9 Å². The van der Waals surface area contributed by atoms with E-state index in [0.29, 0.717) is 18.1 Å². The van der Waals surface area contributed by atoms with E-state index >= 15 is 0 Å². The van der Waals surface area contributed by atoms with Crippen LogP contribution in [-0.4, -0.2) is 37.5 Å². The van der Waals surface area contributed by atoms with Gasteiger partial charge < -0.3 is 11.1 Å². The van der Waals surface area contributed by atoms with Gasteiger partial charge in [0.1, 0.15) is 0 Å². The van der Waals surface area contributed by atoms with Crippen LogP contribution in [0.3, 0.4) is 0 Å². The van der Waals surface area contributed by atoms with Gasteiger partial charge in [-0.05, 0) is 24.6 Å². The summed E-state index contributed by atoms with van der Waals surface area (Å²) in [4.78, 5) is 13.7. The maximum Gasteiger partial charge on any atom is 0.233 e. The molecule has 1 aromatic carbocycles. The first-order chi connectivity index (χ1) is 9.13. The molecule has 0 aliphatic rings. The fraction of sp³-hybridized carbons (Fsp3) is 0.500. The third kappa shape index (κ3) is 4.49. The Hall–Kier alpha value is -1.10. The molecule has 1 atom stereocenters. The Morgan fingerprint density at radius 3 is 2.68 bits per heavy atom. The van der Waals surface area contributed by atoms with Gasteiger partial charge in [-0.3, -0.25) is 9.69 Å². The monoisotopic (exact) mass is 283 g/mol. The smallest absolute Gasteiger partial charge is 0.233 e. The van der Waals surface area contributed by atoms with Crippen molar-refractivity contribution in [2.24, 2.45) is 5.73 Å². The highest BCUT2D eigenvalue weighted by atomic mass is 35.5. The van der Waals surface area contributed by atoms with E-state index in [1.807, 2.05) is 24.3 Å². The largest absolute Gasteiger partial charge is 0.358 e. The molecule has 1 amide bonds. The van der Waals surface area contributed by atoms with E-state index in [1.54, 1.807) is 7.05 Å². The minimum Gasteiger partial charge on any atom is -0.358 e. The van der Waals surface area contributed by atoms with Crippen LogP contribution < -0.4 is 11.1 Å². The molecular formula is C14H22ClN3O. The third-order valence-electron chi connectivity index (χ3n) is 3.06. The Labute approximate surface area is 119 Å². The van der Waals surface area contributed by atoms with Gasteiger partial charge in [-0.15, -0.1) is 0 Å². The maximum absolute atomic E-state index is 11.6. The molecule has 19 heavy (non-hydrogen) atoms. The summed E-state index contributed by atoms with van der Waals surface area (Å²) in [6.45, 7) is 3.65. The maximum atomic E-state index is 11.6. The molecule has 0 aliphatic carbocycles. The molecule has 0 bridgehead atoms. The van der Waals surface area contributed by atoms with Crippen molar-refractivity contribution in [2.45, 2.75) is 19.4 Å². The lowest BCUT2D eigenvalue weighted by Crippen LogP contribution is -2.41. The highest BCUT2D eigenvalue weighted by Crippen LogP contribution is 2.26. The molecule has 1 unspecified atom stereocenters. The van der Waals surface area contributed by atoms with Gasteiger partial charge in [0, 0.05) is 24.7 Å². The molecule has 0 aromatic heterocycles. The quantitative estimate of drug-likeness (QED) is 0.802. The normalized spacial score (nSPS) is 12.5. The number of halogens is 1. The summed E-state index contributed by atoms with van der Waals surface area (Å²) in [5.74, 6) is -0.0149. The molecule has 1 aromatic rings. The van der Waals surface area contributed by atoms with Gasteiger partial charge in [-0.1, -0.05) is 36.7 Å². The van der Waals surface area contributed by atoms with E-state index in [0.717, 1.165) is 18.5 Å². The zero-order valence-electron chi connectivity index (χ0n) is 11.5. The minimum absolute atomic E-state index is 0.0149. The van der Waals surface area contributed by atoms with Crippen molar-refractivity contribution in [2.75, 3.05) is 26.7 Å². The number of carbonyl (C=O) groups is 1. The zero-order chi connectivity index (χ0) is 14.3. The second-order valence-electron chi connectivity index (χ2n) is 4.42. The van der Waals surface area contributed by atoms with E-state index in [4.69, 9.17) is 17.3 Å². The van der Waals surface area contributed by atoms with Gasteiger partial charge in [0.05, 0.1) is 6.54 Å². The average Bonchev–Trinajstić information content (AvgIpc) is 2.41. The molecule has 106 valence electrons. The molecule has 0 aliphatic heterocycles. The molecule has 0 saturated heterocycles. The Morgan fingerprint density at radius 2 is 2.16 bits per heavy atom. The van der Waals surface area contributed by atoms with E-state index in [-0.39, 0.29) is 11.9 Å². The standard InChI is InChI=1S/C14H22ClN3O/c1-3-8-18(10-14(19)17-2)13(9-16)11-6-4-5-7-12(11)15/h4-7,13H,3,8-10,16H2,1-2H3,(H,17,19). The van der Waals surface area contributed by atoms with Crippen LogP contribution in [0.5, 0.6) is 0 Å². The predicted molar refractivity (Wildman–Crippen MR) is 79.2 cm³/mol. The molecule has 0 fully saturated rings. The number of nitrogens with zero attached hydrogens (tertiary/aromatic N) is 1. The lowest BCUT2D eigenvalue weighted by molar-refractivity contribution is -0.122. The predicted octanol–water partition coefficient (Wildman–Crippen LogP) is 1.80. The number of likely N-dealkylation sites (N-methyl/N-ethyl adjacent to an activating group) is 1. The Kier molecular flexibility index (Phi) is 6.84. The number of hydrogen-bond donors (Lipinski definition) is 2. The molecule has 4 nitrogen and oxygen atoms in total. The number of benzene rings is 1. The molecule has 3 N–H and O–H groups in total. The fourth-order valence-electron chi connectivity index (χ4n) is 2.11. The summed E-state index contributed by atoms with van der Waals surface area (Å²) in [7, 11) is 1.64. The number of nitrogens with one attached hydrogen (secondary N) is 1. The zero-order valence-corrected chi connectivity index (χ0v) is 12.3.